The van der Waals surface area contributed by atoms with Crippen LogP contribution in [0.3, 0.4) is 0 Å². The molecule has 26 heavy (non-hydrogen) atoms. The zero-order valence-corrected chi connectivity index (χ0v) is 15.7. The Balaban J connectivity index is 1.64. The van der Waals surface area contributed by atoms with Gasteiger partial charge in [0, 0.05) is 19.5 Å². The van der Waals surface area contributed by atoms with Crippen LogP contribution >= 0.6 is 0 Å². The summed E-state index contributed by atoms with van der Waals surface area (Å²) < 4.78 is 28.5. The predicted octanol–water partition coefficient (Wildman–Crippen LogP) is 3.27. The first-order valence-electron chi connectivity index (χ1n) is 9.03. The molecule has 2 atom stereocenters. The highest BCUT2D eigenvalue weighted by atomic mass is 32.2. The molecule has 1 saturated carbocycles. The third-order valence-corrected chi connectivity index (χ3v) is 7.81. The van der Waals surface area contributed by atoms with E-state index in [2.05, 4.69) is 0 Å². The van der Waals surface area contributed by atoms with E-state index >= 15 is 0 Å². The third kappa shape index (κ3) is 2.19. The van der Waals surface area contributed by atoms with E-state index in [0.29, 0.717) is 11.4 Å². The Morgan fingerprint density at radius 1 is 1.08 bits per heavy atom. The van der Waals surface area contributed by atoms with Crippen molar-refractivity contribution in [3.05, 3.63) is 59.7 Å². The van der Waals surface area contributed by atoms with Crippen LogP contribution < -0.4 is 4.31 Å². The Kier molecular flexibility index (Phi) is 3.33. The number of anilines is 1. The van der Waals surface area contributed by atoms with Crippen LogP contribution in [0.15, 0.2) is 53.4 Å². The molecule has 2 fully saturated rings. The second kappa shape index (κ2) is 5.31. The molecule has 0 radical (unpaired) electrons. The van der Waals surface area contributed by atoms with Crippen molar-refractivity contribution in [3.8, 4) is 0 Å². The highest BCUT2D eigenvalue weighted by Gasteiger charge is 2.63. The Hall–Kier alpha value is -1.89. The number of hydrogen-bond donors (Lipinski definition) is 0. The number of hydrogen-bond acceptors (Lipinski definition) is 4. The van der Waals surface area contributed by atoms with Crippen LogP contribution in [-0.4, -0.2) is 32.7 Å². The molecule has 2 heterocycles. The molecule has 5 nitrogen and oxygen atoms in total. The molecule has 0 bridgehead atoms. The van der Waals surface area contributed by atoms with Gasteiger partial charge in [-0.05, 0) is 43.5 Å². The number of hydroxylamine groups is 2. The van der Waals surface area contributed by atoms with E-state index in [9.17, 15) is 8.42 Å². The Morgan fingerprint density at radius 2 is 1.77 bits per heavy atom. The van der Waals surface area contributed by atoms with E-state index < -0.39 is 10.0 Å². The van der Waals surface area contributed by atoms with Gasteiger partial charge in [0.25, 0.3) is 10.0 Å². The van der Waals surface area contributed by atoms with Crippen molar-refractivity contribution in [2.75, 3.05) is 17.9 Å². The van der Waals surface area contributed by atoms with Crippen LogP contribution in [0, 0.1) is 12.8 Å². The summed E-state index contributed by atoms with van der Waals surface area (Å²) in [5, 5.41) is 1.94. The number of aryl methyl sites for hydroxylation is 1. The number of rotatable bonds is 2. The SMILES string of the molecule is Cc1ccc(S(=O)(=O)N2CC3C(c4ccccc42)N(C)OC32CC2)cc1. The zero-order chi connectivity index (χ0) is 18.1. The maximum Gasteiger partial charge on any atom is 0.264 e. The van der Waals surface area contributed by atoms with Gasteiger partial charge in [-0.2, -0.15) is 5.06 Å². The maximum absolute atomic E-state index is 13.4. The molecular weight excluding hydrogens is 348 g/mol. The summed E-state index contributed by atoms with van der Waals surface area (Å²) in [6.07, 6.45) is 2.00. The molecule has 2 unspecified atom stereocenters. The largest absolute Gasteiger partial charge is 0.292 e. The molecule has 2 aromatic rings. The van der Waals surface area contributed by atoms with Crippen LogP contribution in [0.25, 0.3) is 0 Å². The molecule has 0 N–H and O–H groups in total. The van der Waals surface area contributed by atoms with E-state index in [1.54, 1.807) is 16.4 Å². The summed E-state index contributed by atoms with van der Waals surface area (Å²) in [6.45, 7) is 2.42. The Morgan fingerprint density at radius 3 is 2.46 bits per heavy atom. The summed E-state index contributed by atoms with van der Waals surface area (Å²) >= 11 is 0. The van der Waals surface area contributed by atoms with Crippen LogP contribution in [0.1, 0.15) is 30.0 Å². The number of sulfonamides is 1. The maximum atomic E-state index is 13.4. The predicted molar refractivity (Wildman–Crippen MR) is 99.2 cm³/mol. The van der Waals surface area contributed by atoms with Crippen LogP contribution in [0.2, 0.25) is 0 Å². The van der Waals surface area contributed by atoms with Gasteiger partial charge in [-0.15, -0.1) is 0 Å². The summed E-state index contributed by atoms with van der Waals surface area (Å²) in [4.78, 5) is 6.50. The molecule has 0 aromatic heterocycles. The lowest BCUT2D eigenvalue weighted by molar-refractivity contribution is -0.155. The van der Waals surface area contributed by atoms with E-state index in [1.165, 1.54) is 0 Å². The van der Waals surface area contributed by atoms with Crippen molar-refractivity contribution in [1.82, 2.24) is 5.06 Å². The first-order valence-corrected chi connectivity index (χ1v) is 10.5. The van der Waals surface area contributed by atoms with Gasteiger partial charge in [0.2, 0.25) is 0 Å². The van der Waals surface area contributed by atoms with Gasteiger partial charge in [-0.25, -0.2) is 8.42 Å². The molecule has 3 aliphatic rings. The smallest absolute Gasteiger partial charge is 0.264 e. The highest BCUT2D eigenvalue weighted by molar-refractivity contribution is 7.92. The van der Waals surface area contributed by atoms with E-state index in [4.69, 9.17) is 4.84 Å². The van der Waals surface area contributed by atoms with Crippen molar-refractivity contribution in [3.63, 3.8) is 0 Å². The Bertz CT molecular complexity index is 967. The van der Waals surface area contributed by atoms with Gasteiger partial charge >= 0.3 is 0 Å². The Labute approximate surface area is 154 Å². The number of benzene rings is 2. The fraction of sp³-hybridized carbons (Fsp3) is 0.400. The molecule has 5 rings (SSSR count). The molecule has 2 aliphatic heterocycles. The average Bonchev–Trinajstić information content (AvgIpc) is 3.34. The summed E-state index contributed by atoms with van der Waals surface area (Å²) in [5.41, 5.74) is 2.66. The topological polar surface area (TPSA) is 49.9 Å². The number of fused-ring (bicyclic) bond motifs is 4. The van der Waals surface area contributed by atoms with Gasteiger partial charge in [0.1, 0.15) is 0 Å². The molecule has 1 aliphatic carbocycles. The van der Waals surface area contributed by atoms with E-state index in [0.717, 1.165) is 29.7 Å². The van der Waals surface area contributed by atoms with Crippen LogP contribution in [-0.2, 0) is 14.9 Å². The second-order valence-electron chi connectivity index (χ2n) is 7.66. The first kappa shape index (κ1) is 16.3. The molecule has 6 heteroatoms. The standard InChI is InChI=1S/C20H22N2O3S/c1-14-7-9-15(10-8-14)26(23,24)22-13-17-19(16-5-3-4-6-18(16)22)21(2)25-20(17)11-12-20/h3-10,17,19H,11-13H2,1-2H3. The zero-order valence-electron chi connectivity index (χ0n) is 14.9. The summed E-state index contributed by atoms with van der Waals surface area (Å²) in [7, 11) is -1.65. The normalized spacial score (nSPS) is 26.6. The highest BCUT2D eigenvalue weighted by Crippen LogP contribution is 2.60. The molecular formula is C20H22N2O3S. The molecule has 2 aromatic carbocycles. The van der Waals surface area contributed by atoms with Gasteiger partial charge < -0.3 is 0 Å². The molecule has 0 amide bonds. The lowest BCUT2D eigenvalue weighted by Gasteiger charge is -2.38. The number of nitrogens with zero attached hydrogens (tertiary/aromatic N) is 2. The van der Waals surface area contributed by atoms with Crippen molar-refractivity contribution < 1.29 is 13.3 Å². The van der Waals surface area contributed by atoms with Gasteiger partial charge in [-0.1, -0.05) is 35.9 Å². The van der Waals surface area contributed by atoms with Crippen LogP contribution in [0.4, 0.5) is 5.69 Å². The first-order chi connectivity index (χ1) is 12.4. The van der Waals surface area contributed by atoms with Crippen molar-refractivity contribution >= 4 is 15.7 Å². The summed E-state index contributed by atoms with van der Waals surface area (Å²) in [5.74, 6) is 0.155. The second-order valence-corrected chi connectivity index (χ2v) is 9.52. The van der Waals surface area contributed by atoms with Crippen molar-refractivity contribution in [2.24, 2.45) is 5.92 Å². The minimum atomic E-state index is -3.61. The minimum absolute atomic E-state index is 0.109. The minimum Gasteiger partial charge on any atom is -0.292 e. The molecule has 1 spiro atoms. The van der Waals surface area contributed by atoms with Crippen LogP contribution in [0.5, 0.6) is 0 Å². The van der Waals surface area contributed by atoms with E-state index in [1.807, 2.05) is 55.4 Å². The lowest BCUT2D eigenvalue weighted by atomic mass is 9.84. The van der Waals surface area contributed by atoms with Gasteiger partial charge in [-0.3, -0.25) is 9.14 Å². The lowest BCUT2D eigenvalue weighted by Crippen LogP contribution is -2.44. The van der Waals surface area contributed by atoms with Crippen molar-refractivity contribution in [1.29, 1.82) is 0 Å². The molecule has 1 saturated heterocycles. The molecule has 136 valence electrons. The quantitative estimate of drug-likeness (QED) is 0.814. The average molecular weight is 370 g/mol. The van der Waals surface area contributed by atoms with Crippen molar-refractivity contribution in [2.45, 2.75) is 36.3 Å². The fourth-order valence-electron chi connectivity index (χ4n) is 4.52. The van der Waals surface area contributed by atoms with Gasteiger partial charge in [0.05, 0.1) is 22.2 Å². The number of para-hydroxylation sites is 1. The van der Waals surface area contributed by atoms with E-state index in [-0.39, 0.29) is 17.6 Å². The monoisotopic (exact) mass is 370 g/mol. The van der Waals surface area contributed by atoms with Gasteiger partial charge in [0.15, 0.2) is 0 Å². The fourth-order valence-corrected chi connectivity index (χ4v) is 6.04. The third-order valence-electron chi connectivity index (χ3n) is 6.01. The summed E-state index contributed by atoms with van der Waals surface area (Å²) in [6, 6.07) is 15.0.